The minimum atomic E-state index is -5.79. The third-order valence-corrected chi connectivity index (χ3v) is 3.10. The molecule has 2 N–H and O–H groups in total. The number of hydrogen-bond donors (Lipinski definition) is 1. The van der Waals surface area contributed by atoms with Gasteiger partial charge in [-0.3, -0.25) is 4.79 Å². The number of benzene rings is 1. The number of esters is 1. The summed E-state index contributed by atoms with van der Waals surface area (Å²) in [6.45, 7) is 0. The average molecular weight is 313 g/mol. The van der Waals surface area contributed by atoms with Crippen molar-refractivity contribution in [2.45, 2.75) is 11.9 Å². The lowest BCUT2D eigenvalue weighted by Crippen LogP contribution is -2.28. The number of methoxy groups -OCH3 is 1. The van der Waals surface area contributed by atoms with Crippen LogP contribution in [0.2, 0.25) is 0 Å². The second kappa shape index (κ2) is 5.57. The summed E-state index contributed by atoms with van der Waals surface area (Å²) in [6, 6.07) is 3.25. The van der Waals surface area contributed by atoms with Gasteiger partial charge in [0.2, 0.25) is 0 Å². The lowest BCUT2D eigenvalue weighted by molar-refractivity contribution is -0.139. The highest BCUT2D eigenvalue weighted by atomic mass is 32.2. The van der Waals surface area contributed by atoms with Crippen molar-refractivity contribution in [3.63, 3.8) is 0 Å². The van der Waals surface area contributed by atoms with Gasteiger partial charge in [-0.15, -0.1) is 0 Å². The predicted molar refractivity (Wildman–Crippen MR) is 62.2 cm³/mol. The second-order valence-corrected chi connectivity index (χ2v) is 5.15. The fraction of sp³-hybridized carbons (Fsp3) is 0.300. The first-order valence-electron chi connectivity index (χ1n) is 5.03. The Morgan fingerprint density at radius 3 is 2.40 bits per heavy atom. The third-order valence-electron chi connectivity index (χ3n) is 2.13. The Hall–Kier alpha value is -1.97. The Morgan fingerprint density at radius 1 is 1.35 bits per heavy atom. The zero-order chi connectivity index (χ0) is 15.6. The quantitative estimate of drug-likeness (QED) is 0.388. The molecule has 0 radical (unpaired) electrons. The van der Waals surface area contributed by atoms with Gasteiger partial charge in [-0.1, -0.05) is 6.07 Å². The van der Waals surface area contributed by atoms with Gasteiger partial charge in [-0.25, -0.2) is 0 Å². The van der Waals surface area contributed by atoms with Gasteiger partial charge in [0.15, 0.2) is 5.75 Å². The zero-order valence-corrected chi connectivity index (χ0v) is 10.9. The number of alkyl halides is 3. The molecule has 0 aliphatic rings. The largest absolute Gasteiger partial charge is 0.534 e. The van der Waals surface area contributed by atoms with Gasteiger partial charge in [-0.05, 0) is 17.7 Å². The molecule has 1 aromatic rings. The Kier molecular flexibility index (Phi) is 4.48. The molecule has 0 amide bonds. The SMILES string of the molecule is COC(=O)Cc1ccc(OS(=O)(=O)C(F)(F)F)c(N)c1. The normalized spacial score (nSPS) is 12.0. The lowest BCUT2D eigenvalue weighted by atomic mass is 10.1. The molecule has 1 rings (SSSR count). The topological polar surface area (TPSA) is 95.7 Å². The van der Waals surface area contributed by atoms with E-state index in [0.717, 1.165) is 12.1 Å². The number of halogens is 3. The Labute approximate surface area is 112 Å². The first-order chi connectivity index (χ1) is 9.06. The molecule has 0 saturated heterocycles. The van der Waals surface area contributed by atoms with Crippen LogP contribution in [-0.4, -0.2) is 27.0 Å². The van der Waals surface area contributed by atoms with Gasteiger partial charge in [0, 0.05) is 0 Å². The minimum absolute atomic E-state index is 0.160. The Balaban J connectivity index is 2.98. The molecule has 0 aliphatic carbocycles. The maximum atomic E-state index is 12.1. The van der Waals surface area contributed by atoms with Crippen LogP contribution in [0.1, 0.15) is 5.56 Å². The van der Waals surface area contributed by atoms with E-state index in [1.165, 1.54) is 13.2 Å². The summed E-state index contributed by atoms with van der Waals surface area (Å²) in [6.07, 6.45) is -0.160. The van der Waals surface area contributed by atoms with Crippen molar-refractivity contribution in [1.29, 1.82) is 0 Å². The maximum absolute atomic E-state index is 12.1. The first kappa shape index (κ1) is 16.1. The summed E-state index contributed by atoms with van der Waals surface area (Å²) >= 11 is 0. The number of carbonyl (C=O) groups is 1. The standard InChI is InChI=1S/C10H10F3NO5S/c1-18-9(15)5-6-2-3-8(7(14)4-6)19-20(16,17)10(11,12)13/h2-4H,5,14H2,1H3. The zero-order valence-electron chi connectivity index (χ0n) is 10.1. The number of nitrogen functional groups attached to an aromatic ring is 1. The summed E-state index contributed by atoms with van der Waals surface area (Å²) in [7, 11) is -4.62. The Morgan fingerprint density at radius 2 is 1.95 bits per heavy atom. The molecule has 0 heterocycles. The molecule has 0 atom stereocenters. The molecule has 20 heavy (non-hydrogen) atoms. The molecule has 0 aromatic heterocycles. The van der Waals surface area contributed by atoms with E-state index in [4.69, 9.17) is 5.73 Å². The highest BCUT2D eigenvalue weighted by molar-refractivity contribution is 7.88. The van der Waals surface area contributed by atoms with Gasteiger partial charge in [0.25, 0.3) is 0 Å². The molecular formula is C10H10F3NO5S. The van der Waals surface area contributed by atoms with Gasteiger partial charge in [-0.2, -0.15) is 21.6 Å². The van der Waals surface area contributed by atoms with E-state index in [1.54, 1.807) is 0 Å². The number of ether oxygens (including phenoxy) is 1. The molecule has 0 unspecified atom stereocenters. The smallest absolute Gasteiger partial charge is 0.469 e. The van der Waals surface area contributed by atoms with Crippen LogP contribution in [0.5, 0.6) is 5.75 Å². The van der Waals surface area contributed by atoms with Crippen molar-refractivity contribution in [2.24, 2.45) is 0 Å². The highest BCUT2D eigenvalue weighted by Crippen LogP contribution is 2.30. The number of anilines is 1. The van der Waals surface area contributed by atoms with E-state index in [2.05, 4.69) is 8.92 Å². The summed E-state index contributed by atoms with van der Waals surface area (Å²) in [5, 5.41) is 0. The fourth-order valence-corrected chi connectivity index (χ4v) is 1.67. The molecule has 0 fully saturated rings. The summed E-state index contributed by atoms with van der Waals surface area (Å²) < 4.78 is 66.3. The van der Waals surface area contributed by atoms with Crippen LogP contribution in [0, 0.1) is 0 Å². The van der Waals surface area contributed by atoms with Crippen molar-refractivity contribution in [3.8, 4) is 5.75 Å². The highest BCUT2D eigenvalue weighted by Gasteiger charge is 2.48. The Bertz CT molecular complexity index is 612. The lowest BCUT2D eigenvalue weighted by Gasteiger charge is -2.11. The first-order valence-corrected chi connectivity index (χ1v) is 6.43. The van der Waals surface area contributed by atoms with Crippen LogP contribution in [0.15, 0.2) is 18.2 Å². The van der Waals surface area contributed by atoms with Gasteiger partial charge in [0.05, 0.1) is 19.2 Å². The van der Waals surface area contributed by atoms with Crippen LogP contribution in [-0.2, 0) is 26.1 Å². The minimum Gasteiger partial charge on any atom is -0.469 e. The molecule has 0 saturated carbocycles. The van der Waals surface area contributed by atoms with Crippen molar-refractivity contribution in [2.75, 3.05) is 12.8 Å². The predicted octanol–water partition coefficient (Wildman–Crippen LogP) is 1.21. The molecule has 112 valence electrons. The molecule has 1 aromatic carbocycles. The van der Waals surface area contributed by atoms with E-state index in [1.807, 2.05) is 0 Å². The van der Waals surface area contributed by atoms with Crippen LogP contribution in [0.25, 0.3) is 0 Å². The van der Waals surface area contributed by atoms with Gasteiger partial charge in [0.1, 0.15) is 0 Å². The van der Waals surface area contributed by atoms with Gasteiger partial charge >= 0.3 is 21.6 Å². The van der Waals surface area contributed by atoms with Crippen LogP contribution >= 0.6 is 0 Å². The molecule has 0 aliphatic heterocycles. The van der Waals surface area contributed by atoms with E-state index in [0.29, 0.717) is 5.56 Å². The number of hydrogen-bond acceptors (Lipinski definition) is 6. The fourth-order valence-electron chi connectivity index (χ4n) is 1.19. The molecular weight excluding hydrogens is 303 g/mol. The summed E-state index contributed by atoms with van der Waals surface area (Å²) in [5.41, 5.74) is -0.180. The average Bonchev–Trinajstić information content (AvgIpc) is 2.31. The van der Waals surface area contributed by atoms with E-state index in [9.17, 15) is 26.4 Å². The molecule has 6 nitrogen and oxygen atoms in total. The maximum Gasteiger partial charge on any atom is 0.534 e. The summed E-state index contributed by atoms with van der Waals surface area (Å²) in [5.74, 6) is -1.25. The summed E-state index contributed by atoms with van der Waals surface area (Å²) in [4.78, 5) is 11.0. The van der Waals surface area contributed by atoms with E-state index in [-0.39, 0.29) is 12.1 Å². The monoisotopic (exact) mass is 313 g/mol. The van der Waals surface area contributed by atoms with Crippen molar-refractivity contribution >= 4 is 21.8 Å². The molecule has 0 spiro atoms. The second-order valence-electron chi connectivity index (χ2n) is 3.61. The van der Waals surface area contributed by atoms with E-state index < -0.39 is 27.3 Å². The number of carbonyl (C=O) groups excluding carboxylic acids is 1. The molecule has 10 heteroatoms. The van der Waals surface area contributed by atoms with Crippen molar-refractivity contribution in [1.82, 2.24) is 0 Å². The van der Waals surface area contributed by atoms with Crippen molar-refractivity contribution in [3.05, 3.63) is 23.8 Å². The van der Waals surface area contributed by atoms with Crippen molar-refractivity contribution < 1.29 is 35.3 Å². The van der Waals surface area contributed by atoms with Crippen LogP contribution in [0.3, 0.4) is 0 Å². The van der Waals surface area contributed by atoms with Crippen LogP contribution < -0.4 is 9.92 Å². The van der Waals surface area contributed by atoms with E-state index >= 15 is 0 Å². The van der Waals surface area contributed by atoms with Gasteiger partial charge < -0.3 is 14.7 Å². The van der Waals surface area contributed by atoms with Crippen LogP contribution in [0.4, 0.5) is 18.9 Å². The third kappa shape index (κ3) is 3.76. The number of nitrogens with two attached hydrogens (primary N) is 1. The molecule has 0 bridgehead atoms. The number of rotatable bonds is 4.